The van der Waals surface area contributed by atoms with Gasteiger partial charge in [-0.1, -0.05) is 6.92 Å². The van der Waals surface area contributed by atoms with Crippen molar-refractivity contribution in [1.29, 1.82) is 0 Å². The van der Waals surface area contributed by atoms with Crippen molar-refractivity contribution in [1.82, 2.24) is 0 Å². The molecule has 0 aliphatic heterocycles. The van der Waals surface area contributed by atoms with E-state index < -0.39 is 0 Å². The lowest BCUT2D eigenvalue weighted by atomic mass is 9.96. The molecule has 3 unspecified atom stereocenters. The molecule has 0 aliphatic carbocycles. The number of unbranched alkanes of at least 4 members (excludes halogenated alkanes) is 1. The highest BCUT2D eigenvalue weighted by atomic mass is 32.4. The quantitative estimate of drug-likeness (QED) is 0.426. The van der Waals surface area contributed by atoms with Crippen molar-refractivity contribution in [3.05, 3.63) is 0 Å². The van der Waals surface area contributed by atoms with E-state index in [4.69, 9.17) is 22.1 Å². The molecule has 102 valence electrons. The first-order valence-electron chi connectivity index (χ1n) is 6.57. The normalized spacial score (nSPS) is 15.0. The molecule has 0 bridgehead atoms. The smallest absolute Gasteiger partial charge is 0.322 e. The largest absolute Gasteiger partial charge is 0.393 e. The Morgan fingerprint density at radius 1 is 1.18 bits per heavy atom. The van der Waals surface area contributed by atoms with E-state index in [2.05, 4.69) is 6.92 Å². The molecule has 0 saturated carbocycles. The second kappa shape index (κ2) is 12.8. The molecule has 0 aliphatic rings. The highest BCUT2D eigenvalue weighted by Crippen LogP contribution is 2.16. The number of nitrogens with two attached hydrogens (primary N) is 1. The van der Waals surface area contributed by atoms with E-state index in [1.54, 1.807) is 0 Å². The Hall–Kier alpha value is 0.400. The fourth-order valence-electron chi connectivity index (χ4n) is 1.84. The van der Waals surface area contributed by atoms with Crippen molar-refractivity contribution in [3.63, 3.8) is 0 Å². The molecule has 3 atom stereocenters. The third kappa shape index (κ3) is 12.6. The Morgan fingerprint density at radius 3 is 2.59 bits per heavy atom. The van der Waals surface area contributed by atoms with Crippen molar-refractivity contribution >= 4 is 19.4 Å². The molecule has 3 N–H and O–H groups in total. The van der Waals surface area contributed by atoms with Gasteiger partial charge in [-0.3, -0.25) is 0 Å². The number of hydrogen-bond acceptors (Lipinski definition) is 4. The predicted molar refractivity (Wildman–Crippen MR) is 78.2 cm³/mol. The van der Waals surface area contributed by atoms with Gasteiger partial charge in [0.1, 0.15) is 6.61 Å². The molecule has 0 heterocycles. The zero-order valence-corrected chi connectivity index (χ0v) is 12.7. The fraction of sp³-hybridized carbons (Fsp3) is 1.00. The Morgan fingerprint density at radius 2 is 1.94 bits per heavy atom. The summed E-state index contributed by atoms with van der Waals surface area (Å²) in [5, 5.41) is 9.76. The van der Waals surface area contributed by atoms with Crippen LogP contribution in [-0.4, -0.2) is 24.4 Å². The van der Waals surface area contributed by atoms with Crippen LogP contribution in [0.4, 0.5) is 0 Å². The highest BCUT2D eigenvalue weighted by Gasteiger charge is 2.08. The number of aliphatic hydroxyl groups excluding tert-OH is 1. The minimum Gasteiger partial charge on any atom is -0.393 e. The van der Waals surface area contributed by atoms with Gasteiger partial charge in [0.25, 0.3) is 0 Å². The maximum Gasteiger partial charge on any atom is 0.322 e. The summed E-state index contributed by atoms with van der Waals surface area (Å²) in [6.45, 7) is 3.75. The van der Waals surface area contributed by atoms with Gasteiger partial charge in [-0.15, -0.1) is 0 Å². The van der Waals surface area contributed by atoms with Gasteiger partial charge in [-0.05, 0) is 57.4 Å². The van der Waals surface area contributed by atoms with E-state index in [0.29, 0.717) is 5.92 Å². The van der Waals surface area contributed by atoms with E-state index in [1.807, 2.05) is 0 Å². The molecule has 0 radical (unpaired) electrons. The standard InChI is InChI=1S/C12H26NO2PS/c1-11(5-4-10-15-16-17)7-8-12(14)6-2-3-9-13/h11-12,14H,2-10,13H2,1H3/p+1. The van der Waals surface area contributed by atoms with Crippen molar-refractivity contribution in [2.75, 3.05) is 13.2 Å². The molecule has 0 rings (SSSR count). The zero-order chi connectivity index (χ0) is 12.9. The summed E-state index contributed by atoms with van der Waals surface area (Å²) in [6, 6.07) is 0. The van der Waals surface area contributed by atoms with Crippen LogP contribution in [0, 0.1) is 5.92 Å². The van der Waals surface area contributed by atoms with Gasteiger partial charge < -0.3 is 10.8 Å². The van der Waals surface area contributed by atoms with Crippen molar-refractivity contribution in [2.24, 2.45) is 11.7 Å². The van der Waals surface area contributed by atoms with Gasteiger partial charge in [-0.2, -0.15) is 4.52 Å². The Kier molecular flexibility index (Phi) is 13.1. The Balaban J connectivity index is 3.35. The molecule has 5 heteroatoms. The van der Waals surface area contributed by atoms with Crippen molar-refractivity contribution in [2.45, 2.75) is 58.0 Å². The second-order valence-electron chi connectivity index (χ2n) is 4.69. The molecule has 3 nitrogen and oxygen atoms in total. The van der Waals surface area contributed by atoms with Crippen LogP contribution in [-0.2, 0) is 16.3 Å². The number of aliphatic hydroxyl groups is 1. The van der Waals surface area contributed by atoms with E-state index >= 15 is 0 Å². The number of hydrogen-bond donors (Lipinski definition) is 2. The summed E-state index contributed by atoms with van der Waals surface area (Å²) in [5.74, 6) is 0.663. The maximum absolute atomic E-state index is 9.76. The van der Waals surface area contributed by atoms with E-state index in [-0.39, 0.29) is 13.7 Å². The molecule has 0 spiro atoms. The molecule has 0 aromatic rings. The monoisotopic (exact) mass is 280 g/mol. The SMILES string of the molecule is CC(CCCO[PH+]=S)CCC(O)CCCCN. The van der Waals surface area contributed by atoms with Crippen LogP contribution >= 0.6 is 7.58 Å². The molecule has 17 heavy (non-hydrogen) atoms. The van der Waals surface area contributed by atoms with Crippen LogP contribution in [0.1, 0.15) is 51.9 Å². The first-order valence-corrected chi connectivity index (χ1v) is 8.61. The van der Waals surface area contributed by atoms with Crippen molar-refractivity contribution < 1.29 is 9.63 Å². The molecule has 0 aromatic heterocycles. The molecule has 0 aromatic carbocycles. The summed E-state index contributed by atoms with van der Waals surface area (Å²) in [7, 11) is 0.191. The minimum atomic E-state index is -0.144. The van der Waals surface area contributed by atoms with Gasteiger partial charge in [0, 0.05) is 0 Å². The first kappa shape index (κ1) is 17.4. The van der Waals surface area contributed by atoms with Gasteiger partial charge in [0.15, 0.2) is 11.8 Å². The molecule has 0 saturated heterocycles. The molecular formula is C12H27NO2PS+. The van der Waals surface area contributed by atoms with Crippen LogP contribution in [0.25, 0.3) is 0 Å². The van der Waals surface area contributed by atoms with Crippen LogP contribution in [0.3, 0.4) is 0 Å². The van der Waals surface area contributed by atoms with Gasteiger partial charge >= 0.3 is 7.58 Å². The minimum absolute atomic E-state index is 0.144. The lowest BCUT2D eigenvalue weighted by Crippen LogP contribution is -2.10. The third-order valence-electron chi connectivity index (χ3n) is 2.99. The predicted octanol–water partition coefficient (Wildman–Crippen LogP) is 2.74. The maximum atomic E-state index is 9.76. The average molecular weight is 280 g/mol. The third-order valence-corrected chi connectivity index (χ3v) is 3.66. The lowest BCUT2D eigenvalue weighted by molar-refractivity contribution is 0.141. The van der Waals surface area contributed by atoms with Gasteiger partial charge in [-0.25, -0.2) is 0 Å². The topological polar surface area (TPSA) is 55.5 Å². The first-order chi connectivity index (χ1) is 8.20. The van der Waals surface area contributed by atoms with Crippen LogP contribution in [0.2, 0.25) is 0 Å². The highest BCUT2D eigenvalue weighted by molar-refractivity contribution is 7.94. The number of rotatable bonds is 12. The lowest BCUT2D eigenvalue weighted by Gasteiger charge is -2.14. The molecule has 0 fully saturated rings. The summed E-state index contributed by atoms with van der Waals surface area (Å²) in [5.41, 5.74) is 5.42. The van der Waals surface area contributed by atoms with E-state index in [1.165, 1.54) is 0 Å². The van der Waals surface area contributed by atoms with Crippen LogP contribution in [0.15, 0.2) is 0 Å². The van der Waals surface area contributed by atoms with Crippen molar-refractivity contribution in [3.8, 4) is 0 Å². The summed E-state index contributed by atoms with van der Waals surface area (Å²) in [6.07, 6.45) is 7.06. The average Bonchev–Trinajstić information content (AvgIpc) is 2.32. The Bertz CT molecular complexity index is 184. The van der Waals surface area contributed by atoms with Gasteiger partial charge in [0.05, 0.1) is 6.10 Å². The summed E-state index contributed by atoms with van der Waals surface area (Å²) < 4.78 is 5.16. The van der Waals surface area contributed by atoms with Crippen LogP contribution in [0.5, 0.6) is 0 Å². The molecular weight excluding hydrogens is 253 g/mol. The second-order valence-corrected chi connectivity index (χ2v) is 5.65. The fourth-order valence-corrected chi connectivity index (χ4v) is 2.31. The molecule has 0 amide bonds. The Labute approximate surface area is 112 Å². The van der Waals surface area contributed by atoms with E-state index in [9.17, 15) is 5.11 Å². The van der Waals surface area contributed by atoms with Crippen LogP contribution < -0.4 is 5.73 Å². The summed E-state index contributed by atoms with van der Waals surface area (Å²) in [4.78, 5) is 0. The zero-order valence-electron chi connectivity index (χ0n) is 10.9. The van der Waals surface area contributed by atoms with Gasteiger partial charge in [0.2, 0.25) is 0 Å². The van der Waals surface area contributed by atoms with E-state index in [0.717, 1.165) is 58.1 Å². The summed E-state index contributed by atoms with van der Waals surface area (Å²) >= 11 is 4.73.